The zero-order valence-corrected chi connectivity index (χ0v) is 14.6. The molecule has 1 aliphatic rings. The van der Waals surface area contributed by atoms with E-state index in [-0.39, 0.29) is 12.5 Å². The number of carbonyl (C=O) groups is 1. The highest BCUT2D eigenvalue weighted by Gasteiger charge is 2.20. The monoisotopic (exact) mass is 351 g/mol. The molecule has 6 nitrogen and oxygen atoms in total. The Kier molecular flexibility index (Phi) is 4.82. The summed E-state index contributed by atoms with van der Waals surface area (Å²) < 4.78 is 11.3. The second-order valence-corrected chi connectivity index (χ2v) is 6.45. The summed E-state index contributed by atoms with van der Waals surface area (Å²) in [6, 6.07) is 9.64. The van der Waals surface area contributed by atoms with E-state index in [1.54, 1.807) is 6.20 Å². The van der Waals surface area contributed by atoms with Gasteiger partial charge in [0.05, 0.1) is 0 Å². The first kappa shape index (κ1) is 16.6. The minimum absolute atomic E-state index is 0.0614. The zero-order valence-electron chi connectivity index (χ0n) is 14.6. The van der Waals surface area contributed by atoms with Gasteiger partial charge < -0.3 is 14.1 Å². The molecule has 1 saturated heterocycles. The van der Waals surface area contributed by atoms with E-state index in [0.29, 0.717) is 17.3 Å². The summed E-state index contributed by atoms with van der Waals surface area (Å²) in [5.41, 5.74) is 1.14. The number of hydrogen-bond donors (Lipinski definition) is 0. The fraction of sp³-hybridized carbons (Fsp3) is 0.350. The SMILES string of the molecule is O=C(c1coc(COc2cccc3cccnc23)n1)N1CCCCCC1. The van der Waals surface area contributed by atoms with Crippen LogP contribution in [0.3, 0.4) is 0 Å². The van der Waals surface area contributed by atoms with Gasteiger partial charge in [-0.2, -0.15) is 0 Å². The first-order valence-corrected chi connectivity index (χ1v) is 9.01. The van der Waals surface area contributed by atoms with E-state index in [0.717, 1.165) is 36.8 Å². The highest BCUT2D eigenvalue weighted by Crippen LogP contribution is 2.24. The number of likely N-dealkylation sites (tertiary alicyclic amines) is 1. The van der Waals surface area contributed by atoms with Gasteiger partial charge in [-0.15, -0.1) is 0 Å². The maximum absolute atomic E-state index is 12.6. The molecule has 4 rings (SSSR count). The van der Waals surface area contributed by atoms with Crippen molar-refractivity contribution >= 4 is 16.8 Å². The topological polar surface area (TPSA) is 68.5 Å². The third kappa shape index (κ3) is 3.54. The molecular formula is C20H21N3O3. The van der Waals surface area contributed by atoms with Crippen LogP contribution in [-0.4, -0.2) is 33.9 Å². The van der Waals surface area contributed by atoms with Crippen molar-refractivity contribution in [2.45, 2.75) is 32.3 Å². The van der Waals surface area contributed by atoms with Gasteiger partial charge >= 0.3 is 0 Å². The Morgan fingerprint density at radius 1 is 1.12 bits per heavy atom. The number of fused-ring (bicyclic) bond motifs is 1. The molecule has 0 unspecified atom stereocenters. The number of benzene rings is 1. The molecule has 0 atom stereocenters. The van der Waals surface area contributed by atoms with Crippen molar-refractivity contribution in [3.63, 3.8) is 0 Å². The molecule has 1 amide bonds. The predicted molar refractivity (Wildman–Crippen MR) is 96.9 cm³/mol. The fourth-order valence-corrected chi connectivity index (χ4v) is 3.24. The van der Waals surface area contributed by atoms with Crippen molar-refractivity contribution in [3.05, 3.63) is 54.4 Å². The summed E-state index contributed by atoms with van der Waals surface area (Å²) in [5, 5.41) is 1.01. The Morgan fingerprint density at radius 2 is 1.92 bits per heavy atom. The van der Waals surface area contributed by atoms with Gasteiger partial charge in [-0.25, -0.2) is 4.98 Å². The molecule has 0 saturated carbocycles. The number of amides is 1. The van der Waals surface area contributed by atoms with Crippen LogP contribution in [0.15, 0.2) is 47.2 Å². The third-order valence-electron chi connectivity index (χ3n) is 4.61. The number of hydrogen-bond acceptors (Lipinski definition) is 5. The zero-order chi connectivity index (χ0) is 17.8. The number of nitrogens with zero attached hydrogens (tertiary/aromatic N) is 3. The van der Waals surface area contributed by atoms with Crippen LogP contribution in [-0.2, 0) is 6.61 Å². The average Bonchev–Trinajstić information content (AvgIpc) is 2.99. The fourth-order valence-electron chi connectivity index (χ4n) is 3.24. The molecule has 0 bridgehead atoms. The standard InChI is InChI=1S/C20H21N3O3/c24-20(23-11-3-1-2-4-12-23)16-13-26-18(22-16)14-25-17-9-5-7-15-8-6-10-21-19(15)17/h5-10,13H,1-4,11-12,14H2. The van der Waals surface area contributed by atoms with Crippen LogP contribution in [0.4, 0.5) is 0 Å². The number of aromatic nitrogens is 2. The maximum atomic E-state index is 12.6. The number of pyridine rings is 1. The van der Waals surface area contributed by atoms with E-state index >= 15 is 0 Å². The highest BCUT2D eigenvalue weighted by molar-refractivity contribution is 5.92. The summed E-state index contributed by atoms with van der Waals surface area (Å²) >= 11 is 0. The second-order valence-electron chi connectivity index (χ2n) is 6.45. The molecule has 26 heavy (non-hydrogen) atoms. The molecule has 1 aromatic carbocycles. The highest BCUT2D eigenvalue weighted by atomic mass is 16.5. The van der Waals surface area contributed by atoms with Crippen molar-refractivity contribution in [2.24, 2.45) is 0 Å². The van der Waals surface area contributed by atoms with Crippen molar-refractivity contribution in [1.82, 2.24) is 14.9 Å². The lowest BCUT2D eigenvalue weighted by Crippen LogP contribution is -2.32. The van der Waals surface area contributed by atoms with Gasteiger partial charge in [-0.3, -0.25) is 9.78 Å². The van der Waals surface area contributed by atoms with Crippen LogP contribution in [0.1, 0.15) is 42.1 Å². The Bertz CT molecular complexity index is 893. The van der Waals surface area contributed by atoms with E-state index in [4.69, 9.17) is 9.15 Å². The predicted octanol–water partition coefficient (Wildman–Crippen LogP) is 3.82. The molecule has 0 N–H and O–H groups in total. The average molecular weight is 351 g/mol. The van der Waals surface area contributed by atoms with Crippen molar-refractivity contribution in [3.8, 4) is 5.75 Å². The van der Waals surface area contributed by atoms with Crippen LogP contribution in [0.2, 0.25) is 0 Å². The summed E-state index contributed by atoms with van der Waals surface area (Å²) in [4.78, 5) is 23.1. The molecule has 3 heterocycles. The number of carbonyl (C=O) groups excluding carboxylic acids is 1. The number of rotatable bonds is 4. The van der Waals surface area contributed by atoms with Crippen LogP contribution in [0.25, 0.3) is 10.9 Å². The van der Waals surface area contributed by atoms with Gasteiger partial charge in [0.15, 0.2) is 12.3 Å². The third-order valence-corrected chi connectivity index (χ3v) is 4.61. The minimum atomic E-state index is -0.0614. The van der Waals surface area contributed by atoms with Gasteiger partial charge in [-0.05, 0) is 25.0 Å². The summed E-state index contributed by atoms with van der Waals surface area (Å²) in [6.45, 7) is 1.74. The van der Waals surface area contributed by atoms with Crippen LogP contribution in [0, 0.1) is 0 Å². The minimum Gasteiger partial charge on any atom is -0.482 e. The first-order chi connectivity index (χ1) is 12.8. The Labute approximate surface area is 151 Å². The van der Waals surface area contributed by atoms with E-state index in [2.05, 4.69) is 9.97 Å². The largest absolute Gasteiger partial charge is 0.482 e. The molecule has 6 heteroatoms. The van der Waals surface area contributed by atoms with Gasteiger partial charge in [-0.1, -0.05) is 31.0 Å². The second kappa shape index (κ2) is 7.56. The Hall–Kier alpha value is -2.89. The Balaban J connectivity index is 1.44. The molecule has 0 radical (unpaired) electrons. The van der Waals surface area contributed by atoms with E-state index in [1.807, 2.05) is 35.2 Å². The van der Waals surface area contributed by atoms with Crippen LogP contribution >= 0.6 is 0 Å². The van der Waals surface area contributed by atoms with Gasteiger partial charge in [0.25, 0.3) is 5.91 Å². The van der Waals surface area contributed by atoms with Crippen LogP contribution < -0.4 is 4.74 Å². The molecule has 134 valence electrons. The molecule has 1 aliphatic heterocycles. The van der Waals surface area contributed by atoms with Gasteiger partial charge in [0.2, 0.25) is 5.89 Å². The first-order valence-electron chi connectivity index (χ1n) is 9.01. The van der Waals surface area contributed by atoms with Gasteiger partial charge in [0.1, 0.15) is 17.5 Å². The number of oxazole rings is 1. The molecule has 0 spiro atoms. The van der Waals surface area contributed by atoms with Crippen molar-refractivity contribution in [2.75, 3.05) is 13.1 Å². The molecule has 1 fully saturated rings. The lowest BCUT2D eigenvalue weighted by atomic mass is 10.2. The normalized spacial score (nSPS) is 15.0. The summed E-state index contributed by atoms with van der Waals surface area (Å²) in [7, 11) is 0. The Morgan fingerprint density at radius 3 is 2.77 bits per heavy atom. The van der Waals surface area contributed by atoms with E-state index in [9.17, 15) is 4.79 Å². The summed E-state index contributed by atoms with van der Waals surface area (Å²) in [6.07, 6.45) is 7.62. The van der Waals surface area contributed by atoms with Crippen LogP contribution in [0.5, 0.6) is 5.75 Å². The molecular weight excluding hydrogens is 330 g/mol. The van der Waals surface area contributed by atoms with Crippen molar-refractivity contribution in [1.29, 1.82) is 0 Å². The number of para-hydroxylation sites is 1. The number of ether oxygens (including phenoxy) is 1. The van der Waals surface area contributed by atoms with E-state index < -0.39 is 0 Å². The molecule has 2 aromatic heterocycles. The lowest BCUT2D eigenvalue weighted by Gasteiger charge is -2.18. The van der Waals surface area contributed by atoms with E-state index in [1.165, 1.54) is 19.1 Å². The molecule has 0 aliphatic carbocycles. The lowest BCUT2D eigenvalue weighted by molar-refractivity contribution is 0.0755. The smallest absolute Gasteiger partial charge is 0.275 e. The molecule has 3 aromatic rings. The quantitative estimate of drug-likeness (QED) is 0.715. The van der Waals surface area contributed by atoms with Crippen molar-refractivity contribution < 1.29 is 13.9 Å². The summed E-state index contributed by atoms with van der Waals surface area (Å²) in [5.74, 6) is 0.992. The maximum Gasteiger partial charge on any atom is 0.275 e. The van der Waals surface area contributed by atoms with Gasteiger partial charge in [0, 0.05) is 24.7 Å².